The number of hydrogen-bond acceptors (Lipinski definition) is 8. The van der Waals surface area contributed by atoms with E-state index in [1.54, 1.807) is 23.7 Å². The summed E-state index contributed by atoms with van der Waals surface area (Å²) in [5, 5.41) is 13.8. The predicted molar refractivity (Wildman–Crippen MR) is 126 cm³/mol. The van der Waals surface area contributed by atoms with Crippen molar-refractivity contribution in [2.45, 2.75) is 23.9 Å². The molecule has 0 radical (unpaired) electrons. The number of H-pyrrole nitrogens is 1. The molecule has 0 amide bonds. The second-order valence-electron chi connectivity index (χ2n) is 6.70. The van der Waals surface area contributed by atoms with E-state index in [0.717, 1.165) is 15.3 Å². The van der Waals surface area contributed by atoms with Gasteiger partial charge >= 0.3 is 0 Å². The number of aromatic nitrogens is 5. The molecule has 0 spiro atoms. The van der Waals surface area contributed by atoms with Crippen LogP contribution in [0, 0.1) is 0 Å². The van der Waals surface area contributed by atoms with Gasteiger partial charge in [0.15, 0.2) is 10.9 Å². The van der Waals surface area contributed by atoms with Gasteiger partial charge in [0.25, 0.3) is 5.56 Å². The number of aromatic amines is 1. The van der Waals surface area contributed by atoms with E-state index in [2.05, 4.69) is 21.8 Å². The molecule has 0 aliphatic rings. The summed E-state index contributed by atoms with van der Waals surface area (Å²) in [6.07, 6.45) is 3.39. The maximum Gasteiger partial charge on any atom is 0.260 e. The average molecular weight is 468 g/mol. The van der Waals surface area contributed by atoms with E-state index in [1.807, 2.05) is 46.5 Å². The molecule has 5 heterocycles. The van der Waals surface area contributed by atoms with Crippen LogP contribution in [0.25, 0.3) is 32.2 Å². The summed E-state index contributed by atoms with van der Waals surface area (Å²) in [5.74, 6) is 1.88. The standard InChI is InChI=1S/C21H17N5O2S3/c1-3-8-26-18(14-6-4-9-28-14)24-25-21(26)31-12(2)17-22-19(27)16-13(11-30-20(16)23-17)15-7-5-10-29-15/h3-7,9-12H,1,8H2,2H3,(H,22,23,27). The van der Waals surface area contributed by atoms with Crippen molar-refractivity contribution < 1.29 is 4.42 Å². The molecular formula is C21H17N5O2S3. The van der Waals surface area contributed by atoms with Crippen LogP contribution in [0.5, 0.6) is 0 Å². The Bertz CT molecular complexity index is 1400. The van der Waals surface area contributed by atoms with Crippen molar-refractivity contribution in [3.05, 3.63) is 70.1 Å². The normalized spacial score (nSPS) is 12.4. The number of hydrogen-bond donors (Lipinski definition) is 1. The molecular weight excluding hydrogens is 450 g/mol. The zero-order valence-corrected chi connectivity index (χ0v) is 18.9. The molecule has 10 heteroatoms. The third-order valence-electron chi connectivity index (χ3n) is 4.69. The molecule has 0 aromatic carbocycles. The molecule has 0 fully saturated rings. The first kappa shape index (κ1) is 20.0. The molecule has 156 valence electrons. The Hall–Kier alpha value is -2.95. The lowest BCUT2D eigenvalue weighted by atomic mass is 10.2. The van der Waals surface area contributed by atoms with E-state index < -0.39 is 0 Å². The minimum absolute atomic E-state index is 0.124. The van der Waals surface area contributed by atoms with E-state index in [-0.39, 0.29) is 10.8 Å². The Kier molecular flexibility index (Phi) is 5.34. The maximum absolute atomic E-state index is 12.9. The first-order valence-corrected chi connectivity index (χ1v) is 12.1. The predicted octanol–water partition coefficient (Wildman–Crippen LogP) is 5.60. The van der Waals surface area contributed by atoms with Crippen molar-refractivity contribution in [3.8, 4) is 22.0 Å². The van der Waals surface area contributed by atoms with Crippen molar-refractivity contribution in [2.24, 2.45) is 0 Å². The van der Waals surface area contributed by atoms with Crippen molar-refractivity contribution >= 4 is 44.7 Å². The fourth-order valence-corrected chi connectivity index (χ4v) is 5.93. The third-order valence-corrected chi connectivity index (χ3v) is 7.55. The van der Waals surface area contributed by atoms with Gasteiger partial charge in [-0.1, -0.05) is 23.9 Å². The highest BCUT2D eigenvalue weighted by atomic mass is 32.2. The molecule has 0 saturated carbocycles. The van der Waals surface area contributed by atoms with Gasteiger partial charge in [-0.15, -0.1) is 39.4 Å². The minimum Gasteiger partial charge on any atom is -0.461 e. The molecule has 1 atom stereocenters. The lowest BCUT2D eigenvalue weighted by Crippen LogP contribution is -2.12. The first-order valence-electron chi connectivity index (χ1n) is 9.45. The molecule has 0 aliphatic carbocycles. The summed E-state index contributed by atoms with van der Waals surface area (Å²) in [7, 11) is 0. The number of rotatable bonds is 7. The van der Waals surface area contributed by atoms with E-state index in [1.165, 1.54) is 23.1 Å². The highest BCUT2D eigenvalue weighted by Crippen LogP contribution is 2.37. The molecule has 0 aliphatic heterocycles. The Morgan fingerprint density at radius 2 is 2.23 bits per heavy atom. The maximum atomic E-state index is 12.9. The second kappa shape index (κ2) is 8.29. The van der Waals surface area contributed by atoms with E-state index in [0.29, 0.717) is 34.5 Å². The molecule has 1 unspecified atom stereocenters. The van der Waals surface area contributed by atoms with E-state index in [9.17, 15) is 4.79 Å². The molecule has 0 saturated heterocycles. The number of allylic oxidation sites excluding steroid dienone is 1. The van der Waals surface area contributed by atoms with Gasteiger partial charge in [-0.05, 0) is 30.5 Å². The smallest absolute Gasteiger partial charge is 0.260 e. The van der Waals surface area contributed by atoms with Crippen molar-refractivity contribution in [2.75, 3.05) is 0 Å². The van der Waals surface area contributed by atoms with Crippen LogP contribution in [0.3, 0.4) is 0 Å². The summed E-state index contributed by atoms with van der Waals surface area (Å²) in [4.78, 5) is 22.4. The Labute approximate surface area is 189 Å². The van der Waals surface area contributed by atoms with Gasteiger partial charge in [0.2, 0.25) is 5.82 Å². The van der Waals surface area contributed by atoms with Crippen LogP contribution in [0.15, 0.2) is 68.3 Å². The van der Waals surface area contributed by atoms with Crippen LogP contribution in [-0.2, 0) is 6.54 Å². The molecule has 5 aromatic heterocycles. The van der Waals surface area contributed by atoms with Crippen LogP contribution in [-0.4, -0.2) is 24.7 Å². The lowest BCUT2D eigenvalue weighted by Gasteiger charge is -2.11. The quantitative estimate of drug-likeness (QED) is 0.247. The van der Waals surface area contributed by atoms with Gasteiger partial charge in [0.05, 0.1) is 16.9 Å². The Morgan fingerprint density at radius 1 is 1.32 bits per heavy atom. The van der Waals surface area contributed by atoms with E-state index >= 15 is 0 Å². The number of thioether (sulfide) groups is 1. The molecule has 7 nitrogen and oxygen atoms in total. The Morgan fingerprint density at radius 3 is 2.97 bits per heavy atom. The van der Waals surface area contributed by atoms with Gasteiger partial charge in [0.1, 0.15) is 10.7 Å². The molecule has 1 N–H and O–H groups in total. The molecule has 0 bridgehead atoms. The average Bonchev–Trinajstić information content (AvgIpc) is 3.55. The fraction of sp³-hybridized carbons (Fsp3) is 0.143. The van der Waals surface area contributed by atoms with Crippen molar-refractivity contribution in [3.63, 3.8) is 0 Å². The summed E-state index contributed by atoms with van der Waals surface area (Å²) >= 11 is 4.57. The van der Waals surface area contributed by atoms with Crippen LogP contribution < -0.4 is 5.56 Å². The summed E-state index contributed by atoms with van der Waals surface area (Å²) in [6, 6.07) is 7.65. The third kappa shape index (κ3) is 3.67. The van der Waals surface area contributed by atoms with Crippen molar-refractivity contribution in [1.29, 1.82) is 0 Å². The first-order chi connectivity index (χ1) is 15.2. The van der Waals surface area contributed by atoms with Gasteiger partial charge in [-0.3, -0.25) is 9.36 Å². The second-order valence-corrected chi connectivity index (χ2v) is 9.81. The minimum atomic E-state index is -0.137. The van der Waals surface area contributed by atoms with E-state index in [4.69, 9.17) is 9.40 Å². The summed E-state index contributed by atoms with van der Waals surface area (Å²) < 4.78 is 7.42. The molecule has 5 rings (SSSR count). The lowest BCUT2D eigenvalue weighted by molar-refractivity contribution is 0.569. The zero-order valence-electron chi connectivity index (χ0n) is 16.4. The summed E-state index contributed by atoms with van der Waals surface area (Å²) in [6.45, 7) is 6.36. The number of nitrogens with zero attached hydrogens (tertiary/aromatic N) is 4. The van der Waals surface area contributed by atoms with Crippen LogP contribution in [0.2, 0.25) is 0 Å². The molecule has 31 heavy (non-hydrogen) atoms. The van der Waals surface area contributed by atoms with Gasteiger partial charge < -0.3 is 9.40 Å². The topological polar surface area (TPSA) is 89.6 Å². The number of fused-ring (bicyclic) bond motifs is 1. The van der Waals surface area contributed by atoms with Crippen LogP contribution in [0.1, 0.15) is 18.0 Å². The van der Waals surface area contributed by atoms with Crippen LogP contribution in [0.4, 0.5) is 0 Å². The highest BCUT2D eigenvalue weighted by Gasteiger charge is 2.21. The largest absolute Gasteiger partial charge is 0.461 e. The van der Waals surface area contributed by atoms with Gasteiger partial charge in [0, 0.05) is 22.4 Å². The fourth-order valence-electron chi connectivity index (χ4n) is 3.24. The van der Waals surface area contributed by atoms with Gasteiger partial charge in [-0.2, -0.15) is 0 Å². The van der Waals surface area contributed by atoms with Crippen LogP contribution >= 0.6 is 34.4 Å². The summed E-state index contributed by atoms with van der Waals surface area (Å²) in [5.41, 5.74) is 0.811. The number of nitrogens with one attached hydrogen (secondary N) is 1. The van der Waals surface area contributed by atoms with Gasteiger partial charge in [-0.25, -0.2) is 4.98 Å². The molecule has 5 aromatic rings. The Balaban J connectivity index is 1.48. The SMILES string of the molecule is C=CCn1c(SC(C)c2nc3scc(-c4cccs4)c3c(=O)[nH]2)nnc1-c1ccco1. The number of furan rings is 1. The number of thiophene rings is 2. The zero-order chi connectivity index (χ0) is 21.4. The highest BCUT2D eigenvalue weighted by molar-refractivity contribution is 7.99. The monoisotopic (exact) mass is 467 g/mol. The van der Waals surface area contributed by atoms with Crippen molar-refractivity contribution in [1.82, 2.24) is 24.7 Å².